The third-order valence-corrected chi connectivity index (χ3v) is 7.59. The van der Waals surface area contributed by atoms with Gasteiger partial charge >= 0.3 is 5.69 Å². The van der Waals surface area contributed by atoms with E-state index in [9.17, 15) is 19.7 Å². The van der Waals surface area contributed by atoms with Crippen LogP contribution < -0.4 is 4.74 Å². The van der Waals surface area contributed by atoms with E-state index in [0.717, 1.165) is 11.3 Å². The summed E-state index contributed by atoms with van der Waals surface area (Å²) in [6, 6.07) is 13.8. The highest BCUT2D eigenvalue weighted by Gasteiger charge is 2.48. The molecule has 2 aromatic rings. The summed E-state index contributed by atoms with van der Waals surface area (Å²) >= 11 is 0. The quantitative estimate of drug-likeness (QED) is 0.362. The van der Waals surface area contributed by atoms with Crippen molar-refractivity contribution in [3.05, 3.63) is 75.3 Å². The first-order valence-corrected chi connectivity index (χ1v) is 12.8. The van der Waals surface area contributed by atoms with Gasteiger partial charge in [0.2, 0.25) is 0 Å². The van der Waals surface area contributed by atoms with Gasteiger partial charge in [-0.05, 0) is 52.5 Å². The molecule has 5 rings (SSSR count). The molecule has 0 amide bonds. The molecule has 0 spiro atoms. The molecule has 2 aliphatic carbocycles. The van der Waals surface area contributed by atoms with Gasteiger partial charge in [0.05, 0.1) is 16.9 Å². The fourth-order valence-electron chi connectivity index (χ4n) is 6.08. The fourth-order valence-corrected chi connectivity index (χ4v) is 6.08. The molecule has 3 aliphatic rings. The topological polar surface area (TPSA) is 98.9 Å². The van der Waals surface area contributed by atoms with Gasteiger partial charge in [0, 0.05) is 30.2 Å². The van der Waals surface area contributed by atoms with Crippen LogP contribution in [0.2, 0.25) is 0 Å². The second-order valence-electron chi connectivity index (χ2n) is 12.1. The summed E-state index contributed by atoms with van der Waals surface area (Å²) in [6.07, 6.45) is 2.16. The first kappa shape index (κ1) is 25.1. The van der Waals surface area contributed by atoms with Gasteiger partial charge < -0.3 is 4.74 Å². The number of nitro benzene ring substituents is 1. The molecular formula is C30H32N2O5. The number of Topliss-reactive ketones (excluding diaryl/α,β-unsaturated/α-hetero) is 2. The van der Waals surface area contributed by atoms with Crippen molar-refractivity contribution in [2.24, 2.45) is 21.7 Å². The van der Waals surface area contributed by atoms with Crippen molar-refractivity contribution in [2.45, 2.75) is 66.0 Å². The van der Waals surface area contributed by atoms with Gasteiger partial charge in [-0.1, -0.05) is 58.0 Å². The number of aliphatic imine (C=N–C) groups is 1. The van der Waals surface area contributed by atoms with E-state index in [-0.39, 0.29) is 46.5 Å². The van der Waals surface area contributed by atoms with Crippen LogP contribution in [0.5, 0.6) is 5.75 Å². The summed E-state index contributed by atoms with van der Waals surface area (Å²) in [6.45, 7) is 8.45. The number of nitrogens with zero attached hydrogens (tertiary/aromatic N) is 2. The molecule has 0 saturated heterocycles. The predicted octanol–water partition coefficient (Wildman–Crippen LogP) is 6.15. The average molecular weight is 501 g/mol. The molecular weight excluding hydrogens is 468 g/mol. The average Bonchev–Trinajstić information content (AvgIpc) is 2.80. The van der Waals surface area contributed by atoms with Crippen molar-refractivity contribution in [3.63, 3.8) is 0 Å². The number of ketones is 2. The zero-order valence-corrected chi connectivity index (χ0v) is 21.7. The second-order valence-corrected chi connectivity index (χ2v) is 12.1. The Bertz CT molecular complexity index is 1350. The zero-order chi connectivity index (χ0) is 26.5. The van der Waals surface area contributed by atoms with Crippen LogP contribution in [-0.4, -0.2) is 28.2 Å². The number of benzene rings is 2. The van der Waals surface area contributed by atoms with Crippen LogP contribution in [-0.2, 0) is 16.2 Å². The molecule has 2 fully saturated rings. The van der Waals surface area contributed by atoms with Gasteiger partial charge in [0.15, 0.2) is 11.5 Å². The summed E-state index contributed by atoms with van der Waals surface area (Å²) in [4.78, 5) is 43.4. The number of carbonyl (C=O) groups excluding carboxylic acids is 2. The Labute approximate surface area is 216 Å². The van der Waals surface area contributed by atoms with Crippen molar-refractivity contribution in [1.29, 1.82) is 0 Å². The predicted molar refractivity (Wildman–Crippen MR) is 142 cm³/mol. The number of hydrogen-bond acceptors (Lipinski definition) is 6. The number of allylic oxidation sites excluding steroid dienone is 1. The number of rotatable bonds is 5. The third-order valence-electron chi connectivity index (χ3n) is 7.59. The largest absolute Gasteiger partial charge is 0.482 e. The Morgan fingerprint density at radius 2 is 1.70 bits per heavy atom. The van der Waals surface area contributed by atoms with E-state index < -0.39 is 10.8 Å². The van der Waals surface area contributed by atoms with Crippen molar-refractivity contribution in [2.75, 3.05) is 0 Å². The number of dihydropyridines is 1. The fraction of sp³-hybridized carbons (Fsp3) is 0.433. The molecule has 192 valence electrons. The molecule has 2 unspecified atom stereocenters. The van der Waals surface area contributed by atoms with E-state index in [1.54, 1.807) is 12.1 Å². The minimum absolute atomic E-state index is 0.00166. The maximum Gasteiger partial charge on any atom is 0.310 e. The summed E-state index contributed by atoms with van der Waals surface area (Å²) < 4.78 is 5.94. The number of carbonyl (C=O) groups is 2. The smallest absolute Gasteiger partial charge is 0.310 e. The minimum Gasteiger partial charge on any atom is -0.482 e. The van der Waals surface area contributed by atoms with Crippen LogP contribution >= 0.6 is 0 Å². The molecule has 0 aromatic heterocycles. The molecule has 1 aliphatic heterocycles. The molecule has 2 atom stereocenters. The highest BCUT2D eigenvalue weighted by atomic mass is 16.6. The monoisotopic (exact) mass is 500 g/mol. The maximum absolute atomic E-state index is 13.5. The SMILES string of the molecule is CC1(C)CC(=O)C2C(=NC3CC(C)(C)CC(=O)C3=C2c2ccc([N+](=O)[O-])c(OCc3ccccc3)c2)C1. The van der Waals surface area contributed by atoms with Gasteiger partial charge in [-0.15, -0.1) is 0 Å². The molecule has 1 heterocycles. The lowest BCUT2D eigenvalue weighted by Gasteiger charge is -2.43. The van der Waals surface area contributed by atoms with Crippen LogP contribution in [0.3, 0.4) is 0 Å². The van der Waals surface area contributed by atoms with Gasteiger partial charge in [-0.25, -0.2) is 0 Å². The lowest BCUT2D eigenvalue weighted by molar-refractivity contribution is -0.385. The Morgan fingerprint density at radius 1 is 0.973 bits per heavy atom. The van der Waals surface area contributed by atoms with Crippen molar-refractivity contribution in [1.82, 2.24) is 0 Å². The van der Waals surface area contributed by atoms with Crippen molar-refractivity contribution in [3.8, 4) is 5.75 Å². The first-order valence-electron chi connectivity index (χ1n) is 12.8. The molecule has 2 aromatic carbocycles. The van der Waals surface area contributed by atoms with Crippen LogP contribution in [0.15, 0.2) is 59.1 Å². The lowest BCUT2D eigenvalue weighted by atomic mass is 9.62. The molecule has 2 saturated carbocycles. The van der Waals surface area contributed by atoms with Gasteiger partial charge in [0.1, 0.15) is 12.4 Å². The normalized spacial score (nSPS) is 24.2. The summed E-state index contributed by atoms with van der Waals surface area (Å²) in [5.74, 6) is -0.444. The van der Waals surface area contributed by atoms with Crippen molar-refractivity contribution >= 4 is 28.5 Å². The van der Waals surface area contributed by atoms with E-state index in [1.807, 2.05) is 30.3 Å². The van der Waals surface area contributed by atoms with Crippen molar-refractivity contribution < 1.29 is 19.2 Å². The van der Waals surface area contributed by atoms with Crippen LogP contribution in [0.1, 0.15) is 64.5 Å². The van der Waals surface area contributed by atoms with E-state index in [1.165, 1.54) is 6.07 Å². The van der Waals surface area contributed by atoms with Gasteiger partial charge in [-0.3, -0.25) is 24.7 Å². The van der Waals surface area contributed by atoms with Crippen LogP contribution in [0.25, 0.3) is 5.57 Å². The van der Waals surface area contributed by atoms with E-state index in [2.05, 4.69) is 27.7 Å². The molecule has 0 bridgehead atoms. The number of hydrogen-bond donors (Lipinski definition) is 0. The third kappa shape index (κ3) is 4.87. The number of fused-ring (bicyclic) bond motifs is 2. The molecule has 0 radical (unpaired) electrons. The minimum atomic E-state index is -0.604. The lowest BCUT2D eigenvalue weighted by Crippen LogP contribution is -2.45. The maximum atomic E-state index is 13.5. The standard InChI is InChI=1S/C30H32N2O5/c1-29(2)13-20-27(23(33)15-29)26(28-21(31-20)14-30(3,4)16-24(28)34)19-10-11-22(32(35)36)25(12-19)37-17-18-8-6-5-7-9-18/h5-12,20,28H,13-17H2,1-4H3. The Balaban J connectivity index is 1.63. The molecule has 7 heteroatoms. The van der Waals surface area contributed by atoms with Crippen LogP contribution in [0, 0.1) is 26.9 Å². The summed E-state index contributed by atoms with van der Waals surface area (Å²) in [5, 5.41) is 11.8. The highest BCUT2D eigenvalue weighted by Crippen LogP contribution is 2.50. The highest BCUT2D eigenvalue weighted by molar-refractivity contribution is 6.22. The van der Waals surface area contributed by atoms with Gasteiger partial charge in [0.25, 0.3) is 0 Å². The second kappa shape index (κ2) is 9.05. The molecule has 7 nitrogen and oxygen atoms in total. The molecule has 0 N–H and O–H groups in total. The van der Waals surface area contributed by atoms with E-state index >= 15 is 0 Å². The number of nitro groups is 1. The van der Waals surface area contributed by atoms with E-state index in [0.29, 0.717) is 42.4 Å². The Morgan fingerprint density at radius 3 is 2.41 bits per heavy atom. The zero-order valence-electron chi connectivity index (χ0n) is 21.7. The Hall–Kier alpha value is -3.61. The molecule has 37 heavy (non-hydrogen) atoms. The summed E-state index contributed by atoms with van der Waals surface area (Å²) in [7, 11) is 0. The van der Waals surface area contributed by atoms with Gasteiger partial charge in [-0.2, -0.15) is 0 Å². The number of ether oxygens (including phenoxy) is 1. The Kier molecular flexibility index (Phi) is 6.13. The van der Waals surface area contributed by atoms with E-state index in [4.69, 9.17) is 9.73 Å². The first-order chi connectivity index (χ1) is 17.4. The van der Waals surface area contributed by atoms with Crippen LogP contribution in [0.4, 0.5) is 5.69 Å². The summed E-state index contributed by atoms with van der Waals surface area (Å²) in [5.41, 5.74) is 3.01.